The van der Waals surface area contributed by atoms with E-state index in [4.69, 9.17) is 14.2 Å². The second-order valence-electron chi connectivity index (χ2n) is 7.95. The molecule has 3 rings (SSSR count). The Bertz CT molecular complexity index is 1180. The predicted molar refractivity (Wildman–Crippen MR) is 123 cm³/mol. The Morgan fingerprint density at radius 1 is 1.09 bits per heavy atom. The molecule has 184 valence electrons. The van der Waals surface area contributed by atoms with E-state index in [1.165, 1.54) is 26.4 Å². The molecule has 0 saturated carbocycles. The molecule has 10 nitrogen and oxygen atoms in total. The van der Waals surface area contributed by atoms with E-state index in [1.54, 1.807) is 31.2 Å². The minimum atomic E-state index is -4.07. The fourth-order valence-electron chi connectivity index (χ4n) is 3.60. The monoisotopic (exact) mass is 492 g/mol. The molecule has 11 heteroatoms. The maximum absolute atomic E-state index is 13.2. The number of aliphatic hydroxyl groups is 1. The van der Waals surface area contributed by atoms with E-state index in [1.807, 2.05) is 6.92 Å². The Morgan fingerprint density at radius 2 is 1.82 bits per heavy atom. The normalized spacial score (nSPS) is 18.4. The van der Waals surface area contributed by atoms with E-state index in [0.29, 0.717) is 17.2 Å². The fourth-order valence-corrected chi connectivity index (χ4v) is 5.32. The summed E-state index contributed by atoms with van der Waals surface area (Å²) in [6.07, 6.45) is -1.16. The van der Waals surface area contributed by atoms with Crippen LogP contribution in [0.5, 0.6) is 11.5 Å². The zero-order valence-electron chi connectivity index (χ0n) is 19.4. The van der Waals surface area contributed by atoms with Gasteiger partial charge in [0.25, 0.3) is 5.91 Å². The van der Waals surface area contributed by atoms with Crippen molar-refractivity contribution in [3.8, 4) is 11.5 Å². The van der Waals surface area contributed by atoms with E-state index in [2.05, 4.69) is 5.32 Å². The lowest BCUT2D eigenvalue weighted by molar-refractivity contribution is -0.150. The summed E-state index contributed by atoms with van der Waals surface area (Å²) in [6, 6.07) is 8.22. The fraction of sp³-hybridized carbons (Fsp3) is 0.391. The zero-order chi connectivity index (χ0) is 25.0. The van der Waals surface area contributed by atoms with Gasteiger partial charge in [-0.25, -0.2) is 8.42 Å². The average Bonchev–Trinajstić information content (AvgIpc) is 3.21. The molecule has 2 aromatic rings. The Morgan fingerprint density at radius 3 is 2.47 bits per heavy atom. The number of sulfonamides is 1. The van der Waals surface area contributed by atoms with Gasteiger partial charge in [0.2, 0.25) is 10.0 Å². The third-order valence-corrected chi connectivity index (χ3v) is 7.49. The van der Waals surface area contributed by atoms with Crippen LogP contribution in [0.3, 0.4) is 0 Å². The second-order valence-corrected chi connectivity index (χ2v) is 9.84. The van der Waals surface area contributed by atoms with Gasteiger partial charge in [-0.05, 0) is 49.2 Å². The summed E-state index contributed by atoms with van der Waals surface area (Å²) >= 11 is 0. The number of aliphatic hydroxyl groups excluding tert-OH is 1. The molecule has 0 aliphatic carbocycles. The molecule has 1 unspecified atom stereocenters. The third-order valence-electron chi connectivity index (χ3n) is 5.62. The van der Waals surface area contributed by atoms with E-state index >= 15 is 0 Å². The first-order chi connectivity index (χ1) is 16.1. The number of nitrogens with zero attached hydrogens (tertiary/aromatic N) is 1. The molecule has 1 saturated heterocycles. The van der Waals surface area contributed by atoms with Crippen molar-refractivity contribution in [2.45, 2.75) is 37.3 Å². The van der Waals surface area contributed by atoms with Crippen molar-refractivity contribution < 1.29 is 37.3 Å². The minimum Gasteiger partial charge on any atom is -0.497 e. The quantitative estimate of drug-likeness (QED) is 0.532. The number of β-amino-alcohol motifs (C(OH)–C–C–N with tert-alkyl or cyclic N) is 1. The Kier molecular flexibility index (Phi) is 7.80. The SMILES string of the molecule is COc1ccc(OC)c(NC(=O)COC(=O)[C@@H]2CC(O)CN2S(=O)(=O)c2ccc(C)c(C)c2)c1. The van der Waals surface area contributed by atoms with Crippen molar-refractivity contribution >= 4 is 27.6 Å². The summed E-state index contributed by atoms with van der Waals surface area (Å²) in [6.45, 7) is 2.75. The van der Waals surface area contributed by atoms with E-state index in [9.17, 15) is 23.1 Å². The van der Waals surface area contributed by atoms with Crippen molar-refractivity contribution in [2.75, 3.05) is 32.7 Å². The van der Waals surface area contributed by atoms with Crippen molar-refractivity contribution in [1.29, 1.82) is 0 Å². The van der Waals surface area contributed by atoms with Crippen LogP contribution < -0.4 is 14.8 Å². The molecular weight excluding hydrogens is 464 g/mol. The van der Waals surface area contributed by atoms with Crippen molar-refractivity contribution in [3.05, 3.63) is 47.5 Å². The molecule has 2 N–H and O–H groups in total. The predicted octanol–water partition coefficient (Wildman–Crippen LogP) is 1.63. The van der Waals surface area contributed by atoms with Crippen LogP contribution in [0.15, 0.2) is 41.3 Å². The number of nitrogens with one attached hydrogen (secondary N) is 1. The molecule has 1 heterocycles. The third kappa shape index (κ3) is 5.49. The Balaban J connectivity index is 1.70. The van der Waals surface area contributed by atoms with E-state index in [0.717, 1.165) is 15.4 Å². The standard InChI is InChI=1S/C23H28N2O8S/c1-14-5-7-18(9-15(14)2)34(29,30)25-12-16(26)10-20(25)23(28)33-13-22(27)24-19-11-17(31-3)6-8-21(19)32-4/h5-9,11,16,20,26H,10,12-13H2,1-4H3,(H,24,27)/t16?,20-/m0/s1. The lowest BCUT2D eigenvalue weighted by Crippen LogP contribution is -2.42. The van der Waals surface area contributed by atoms with Gasteiger partial charge in [0.05, 0.1) is 30.9 Å². The summed E-state index contributed by atoms with van der Waals surface area (Å²) in [4.78, 5) is 25.1. The Hall–Kier alpha value is -3.15. The second kappa shape index (κ2) is 10.4. The van der Waals surface area contributed by atoms with Gasteiger partial charge in [-0.3, -0.25) is 9.59 Å². The van der Waals surface area contributed by atoms with Gasteiger partial charge in [-0.2, -0.15) is 4.31 Å². The van der Waals surface area contributed by atoms with Gasteiger partial charge < -0.3 is 24.6 Å². The topological polar surface area (TPSA) is 131 Å². The summed E-state index contributed by atoms with van der Waals surface area (Å²) in [5, 5.41) is 12.7. The highest BCUT2D eigenvalue weighted by Crippen LogP contribution is 2.30. The first-order valence-corrected chi connectivity index (χ1v) is 12.0. The number of benzene rings is 2. The number of ether oxygens (including phenoxy) is 3. The Labute approximate surface area is 198 Å². The maximum atomic E-state index is 13.2. The zero-order valence-corrected chi connectivity index (χ0v) is 20.2. The number of carbonyl (C=O) groups is 2. The number of amides is 1. The van der Waals surface area contributed by atoms with Crippen molar-refractivity contribution in [3.63, 3.8) is 0 Å². The molecule has 1 aliphatic heterocycles. The van der Waals surface area contributed by atoms with Crippen molar-refractivity contribution in [2.24, 2.45) is 0 Å². The molecule has 1 amide bonds. The minimum absolute atomic E-state index is 0.0189. The lowest BCUT2D eigenvalue weighted by atomic mass is 10.1. The van der Waals surface area contributed by atoms with Crippen LogP contribution in [-0.4, -0.2) is 69.2 Å². The molecule has 1 aliphatic rings. The van der Waals surface area contributed by atoms with E-state index in [-0.39, 0.29) is 17.9 Å². The molecule has 2 aromatic carbocycles. The summed E-state index contributed by atoms with van der Waals surface area (Å²) in [5.74, 6) is -0.705. The molecule has 0 aromatic heterocycles. The van der Waals surface area contributed by atoms with Crippen LogP contribution in [0.2, 0.25) is 0 Å². The number of aryl methyl sites for hydroxylation is 2. The highest BCUT2D eigenvalue weighted by Gasteiger charge is 2.44. The molecule has 0 spiro atoms. The summed E-state index contributed by atoms with van der Waals surface area (Å²) in [5.41, 5.74) is 2.03. The van der Waals surface area contributed by atoms with Gasteiger partial charge in [-0.15, -0.1) is 0 Å². The van der Waals surface area contributed by atoms with Crippen LogP contribution in [0, 0.1) is 13.8 Å². The largest absolute Gasteiger partial charge is 0.497 e. The number of hydrogen-bond acceptors (Lipinski definition) is 8. The number of rotatable bonds is 8. The molecule has 0 bridgehead atoms. The smallest absolute Gasteiger partial charge is 0.325 e. The number of carbonyl (C=O) groups excluding carboxylic acids is 2. The van der Waals surface area contributed by atoms with Crippen LogP contribution in [0.1, 0.15) is 17.5 Å². The van der Waals surface area contributed by atoms with E-state index < -0.39 is 40.7 Å². The van der Waals surface area contributed by atoms with Gasteiger partial charge in [0.1, 0.15) is 17.5 Å². The molecule has 2 atom stereocenters. The van der Waals surface area contributed by atoms with Crippen molar-refractivity contribution in [1.82, 2.24) is 4.31 Å². The number of esters is 1. The number of anilines is 1. The van der Waals surface area contributed by atoms with Gasteiger partial charge in [-0.1, -0.05) is 6.07 Å². The van der Waals surface area contributed by atoms with Gasteiger partial charge >= 0.3 is 5.97 Å². The summed E-state index contributed by atoms with van der Waals surface area (Å²) < 4.78 is 42.7. The van der Waals surface area contributed by atoms with Crippen LogP contribution >= 0.6 is 0 Å². The first-order valence-electron chi connectivity index (χ1n) is 10.5. The maximum Gasteiger partial charge on any atom is 0.325 e. The molecular formula is C23H28N2O8S. The van der Waals surface area contributed by atoms with Crippen LogP contribution in [-0.2, 0) is 24.3 Å². The highest BCUT2D eigenvalue weighted by atomic mass is 32.2. The first kappa shape index (κ1) is 25.5. The lowest BCUT2D eigenvalue weighted by Gasteiger charge is -2.22. The number of methoxy groups -OCH3 is 2. The summed E-state index contributed by atoms with van der Waals surface area (Å²) in [7, 11) is -1.15. The molecule has 1 fully saturated rings. The van der Waals surface area contributed by atoms with Crippen LogP contribution in [0.4, 0.5) is 5.69 Å². The van der Waals surface area contributed by atoms with Crippen LogP contribution in [0.25, 0.3) is 0 Å². The average molecular weight is 493 g/mol. The number of hydrogen-bond donors (Lipinski definition) is 2. The van der Waals surface area contributed by atoms with Gasteiger partial charge in [0, 0.05) is 19.0 Å². The highest BCUT2D eigenvalue weighted by molar-refractivity contribution is 7.89. The van der Waals surface area contributed by atoms with Gasteiger partial charge in [0.15, 0.2) is 6.61 Å². The molecule has 34 heavy (non-hydrogen) atoms. The molecule has 0 radical (unpaired) electrons.